The fourth-order valence-corrected chi connectivity index (χ4v) is 4.01. The molecule has 1 aliphatic carbocycles. The van der Waals surface area contributed by atoms with Crippen molar-refractivity contribution in [3.8, 4) is 11.1 Å². The molecule has 0 heterocycles. The number of amides is 1. The van der Waals surface area contributed by atoms with Crippen LogP contribution in [0.1, 0.15) is 29.6 Å². The molecule has 2 nitrogen and oxygen atoms in total. The van der Waals surface area contributed by atoms with Crippen LogP contribution in [-0.4, -0.2) is 27.8 Å². The van der Waals surface area contributed by atoms with Crippen LogP contribution >= 0.6 is 22.6 Å². The second-order valence-corrected chi connectivity index (χ2v) is 7.69. The molecule has 2 aromatic rings. The van der Waals surface area contributed by atoms with E-state index < -0.39 is 0 Å². The molecular weight excluding hydrogens is 385 g/mol. The van der Waals surface area contributed by atoms with E-state index in [1.807, 2.05) is 54.4 Å². The summed E-state index contributed by atoms with van der Waals surface area (Å²) in [5.41, 5.74) is 3.10. The summed E-state index contributed by atoms with van der Waals surface area (Å²) < 4.78 is 0.707. The van der Waals surface area contributed by atoms with E-state index in [-0.39, 0.29) is 5.91 Å². The van der Waals surface area contributed by atoms with E-state index in [0.29, 0.717) is 9.97 Å². The van der Waals surface area contributed by atoms with E-state index in [4.69, 9.17) is 0 Å². The molecule has 0 aromatic heterocycles. The summed E-state index contributed by atoms with van der Waals surface area (Å²) in [6.07, 6.45) is 3.46. The maximum atomic E-state index is 12.6. The molecule has 3 heteroatoms. The van der Waals surface area contributed by atoms with Gasteiger partial charge in [0.2, 0.25) is 0 Å². The smallest absolute Gasteiger partial charge is 0.253 e. The number of hydrogen-bond acceptors (Lipinski definition) is 1. The van der Waals surface area contributed by atoms with Crippen LogP contribution in [0.5, 0.6) is 0 Å². The molecule has 0 spiro atoms. The lowest BCUT2D eigenvalue weighted by molar-refractivity contribution is 0.0736. The first-order valence-corrected chi connectivity index (χ1v) is 8.96. The summed E-state index contributed by atoms with van der Waals surface area (Å²) in [5, 5.41) is 0. The standard InChI is InChI=1S/C19H20INO/c1-21(18-12-11-17(20)13-18)19(22)16-9-7-15(8-10-16)14-5-3-2-4-6-14/h2-10,17-18H,11-13H2,1H3/t17-,18+/m0/s1. The van der Waals surface area contributed by atoms with Crippen molar-refractivity contribution in [3.63, 3.8) is 0 Å². The molecule has 0 bridgehead atoms. The Labute approximate surface area is 145 Å². The first kappa shape index (κ1) is 15.5. The van der Waals surface area contributed by atoms with Gasteiger partial charge in [-0.25, -0.2) is 0 Å². The Hall–Kier alpha value is -1.36. The van der Waals surface area contributed by atoms with Crippen LogP contribution in [0.25, 0.3) is 11.1 Å². The number of hydrogen-bond donors (Lipinski definition) is 0. The average molecular weight is 405 g/mol. The lowest BCUT2D eigenvalue weighted by Gasteiger charge is -2.24. The van der Waals surface area contributed by atoms with E-state index in [1.165, 1.54) is 12.0 Å². The predicted octanol–water partition coefficient (Wildman–Crippen LogP) is 4.78. The van der Waals surface area contributed by atoms with Gasteiger partial charge < -0.3 is 4.90 Å². The van der Waals surface area contributed by atoms with Crippen molar-refractivity contribution in [2.75, 3.05) is 7.05 Å². The molecule has 114 valence electrons. The molecule has 0 saturated heterocycles. The minimum absolute atomic E-state index is 0.134. The number of alkyl halides is 1. The Kier molecular flexibility index (Phi) is 4.81. The molecule has 2 aromatic carbocycles. The molecule has 2 atom stereocenters. The van der Waals surface area contributed by atoms with Gasteiger partial charge in [0.1, 0.15) is 0 Å². The van der Waals surface area contributed by atoms with Gasteiger partial charge in [-0.05, 0) is 42.5 Å². The topological polar surface area (TPSA) is 20.3 Å². The Morgan fingerprint density at radius 3 is 2.23 bits per heavy atom. The summed E-state index contributed by atoms with van der Waals surface area (Å²) in [7, 11) is 1.94. The Morgan fingerprint density at radius 1 is 1.00 bits per heavy atom. The quantitative estimate of drug-likeness (QED) is 0.532. The summed E-state index contributed by atoms with van der Waals surface area (Å²) in [4.78, 5) is 14.5. The van der Waals surface area contributed by atoms with Gasteiger partial charge in [0.05, 0.1) is 0 Å². The summed E-state index contributed by atoms with van der Waals surface area (Å²) in [5.74, 6) is 0.134. The van der Waals surface area contributed by atoms with Gasteiger partial charge in [0.15, 0.2) is 0 Å². The molecule has 0 unspecified atom stereocenters. The van der Waals surface area contributed by atoms with Crippen LogP contribution in [0, 0.1) is 0 Å². The molecule has 1 aliphatic rings. The normalized spacial score (nSPS) is 20.8. The van der Waals surface area contributed by atoms with Crippen molar-refractivity contribution < 1.29 is 4.79 Å². The van der Waals surface area contributed by atoms with Gasteiger partial charge in [0.25, 0.3) is 5.91 Å². The zero-order valence-electron chi connectivity index (χ0n) is 12.7. The highest BCUT2D eigenvalue weighted by molar-refractivity contribution is 14.1. The lowest BCUT2D eigenvalue weighted by atomic mass is 10.0. The number of carbonyl (C=O) groups is 1. The first-order valence-electron chi connectivity index (χ1n) is 7.72. The summed E-state index contributed by atoms with van der Waals surface area (Å²) in [6, 6.07) is 18.6. The van der Waals surface area contributed by atoms with Gasteiger partial charge in [-0.3, -0.25) is 4.79 Å². The van der Waals surface area contributed by atoms with Crippen molar-refractivity contribution in [2.24, 2.45) is 0 Å². The molecule has 0 aliphatic heterocycles. The number of halogens is 1. The lowest BCUT2D eigenvalue weighted by Crippen LogP contribution is -2.35. The Bertz CT molecular complexity index is 638. The van der Waals surface area contributed by atoms with Crippen LogP contribution in [0.2, 0.25) is 0 Å². The largest absolute Gasteiger partial charge is 0.339 e. The fraction of sp³-hybridized carbons (Fsp3) is 0.316. The van der Waals surface area contributed by atoms with Crippen LogP contribution in [-0.2, 0) is 0 Å². The molecule has 22 heavy (non-hydrogen) atoms. The maximum absolute atomic E-state index is 12.6. The third-order valence-corrected chi connectivity index (χ3v) is 5.58. The Morgan fingerprint density at radius 2 is 1.64 bits per heavy atom. The zero-order chi connectivity index (χ0) is 15.5. The first-order chi connectivity index (χ1) is 10.6. The number of rotatable bonds is 3. The van der Waals surface area contributed by atoms with Gasteiger partial charge >= 0.3 is 0 Å². The molecular formula is C19H20INO. The highest BCUT2D eigenvalue weighted by Gasteiger charge is 2.28. The van der Waals surface area contributed by atoms with E-state index in [2.05, 4.69) is 34.7 Å². The van der Waals surface area contributed by atoms with Gasteiger partial charge in [-0.1, -0.05) is 65.1 Å². The minimum atomic E-state index is 0.134. The second kappa shape index (κ2) is 6.82. The molecule has 0 N–H and O–H groups in total. The molecule has 1 fully saturated rings. The van der Waals surface area contributed by atoms with Crippen molar-refractivity contribution in [1.82, 2.24) is 4.90 Å². The third-order valence-electron chi connectivity index (χ3n) is 4.45. The van der Waals surface area contributed by atoms with Gasteiger partial charge in [-0.2, -0.15) is 0 Å². The van der Waals surface area contributed by atoms with Crippen molar-refractivity contribution in [1.29, 1.82) is 0 Å². The van der Waals surface area contributed by atoms with E-state index in [1.54, 1.807) is 0 Å². The molecule has 3 rings (SSSR count). The van der Waals surface area contributed by atoms with Crippen LogP contribution in [0.15, 0.2) is 54.6 Å². The number of carbonyl (C=O) groups excluding carboxylic acids is 1. The van der Waals surface area contributed by atoms with Crippen molar-refractivity contribution >= 4 is 28.5 Å². The van der Waals surface area contributed by atoms with Gasteiger partial charge in [-0.15, -0.1) is 0 Å². The van der Waals surface area contributed by atoms with Crippen LogP contribution in [0.3, 0.4) is 0 Å². The minimum Gasteiger partial charge on any atom is -0.339 e. The summed E-state index contributed by atoms with van der Waals surface area (Å²) >= 11 is 2.49. The van der Waals surface area contributed by atoms with E-state index in [9.17, 15) is 4.79 Å². The van der Waals surface area contributed by atoms with Crippen LogP contribution < -0.4 is 0 Å². The molecule has 1 amide bonds. The van der Waals surface area contributed by atoms with Gasteiger partial charge in [0, 0.05) is 22.6 Å². The van der Waals surface area contributed by atoms with Crippen molar-refractivity contribution in [3.05, 3.63) is 60.2 Å². The molecule has 0 radical (unpaired) electrons. The average Bonchev–Trinajstić information content (AvgIpc) is 3.01. The van der Waals surface area contributed by atoms with E-state index >= 15 is 0 Å². The Balaban J connectivity index is 1.74. The van der Waals surface area contributed by atoms with Crippen molar-refractivity contribution in [2.45, 2.75) is 29.2 Å². The second-order valence-electron chi connectivity index (χ2n) is 5.92. The SMILES string of the molecule is CN(C(=O)c1ccc(-c2ccccc2)cc1)[C@@H]1CC[C@H](I)C1. The number of nitrogens with zero attached hydrogens (tertiary/aromatic N) is 1. The van der Waals surface area contributed by atoms with E-state index in [0.717, 1.165) is 24.0 Å². The molecule has 1 saturated carbocycles. The third kappa shape index (κ3) is 3.35. The van der Waals surface area contributed by atoms with Crippen LogP contribution in [0.4, 0.5) is 0 Å². The predicted molar refractivity (Wildman–Crippen MR) is 99.4 cm³/mol. The number of benzene rings is 2. The highest BCUT2D eigenvalue weighted by atomic mass is 127. The maximum Gasteiger partial charge on any atom is 0.253 e. The summed E-state index contributed by atoms with van der Waals surface area (Å²) in [6.45, 7) is 0. The highest BCUT2D eigenvalue weighted by Crippen LogP contribution is 2.30. The fourth-order valence-electron chi connectivity index (χ4n) is 3.06. The monoisotopic (exact) mass is 405 g/mol. The zero-order valence-corrected chi connectivity index (χ0v) is 14.9.